The van der Waals surface area contributed by atoms with Gasteiger partial charge in [0.05, 0.1) is 0 Å². The van der Waals surface area contributed by atoms with E-state index < -0.39 is 11.1 Å². The summed E-state index contributed by atoms with van der Waals surface area (Å²) in [6.45, 7) is 2.90. The number of carbonyl (C=O) groups is 2. The highest BCUT2D eigenvalue weighted by Crippen LogP contribution is 2.43. The number of nitrogens with zero attached hydrogens (tertiary/aromatic N) is 1. The Labute approximate surface area is 127 Å². The second-order valence-corrected chi connectivity index (χ2v) is 7.15. The fraction of sp³-hybridized carbons (Fsp3) is 0.882. The van der Waals surface area contributed by atoms with Crippen molar-refractivity contribution in [1.29, 1.82) is 0 Å². The maximum absolute atomic E-state index is 13.2. The molecule has 0 aromatic rings. The molecule has 118 valence electrons. The van der Waals surface area contributed by atoms with Crippen LogP contribution in [0.5, 0.6) is 0 Å². The number of nitrogens with one attached hydrogen (secondary N) is 1. The minimum Gasteiger partial charge on any atom is -0.340 e. The van der Waals surface area contributed by atoms with E-state index in [0.717, 1.165) is 70.8 Å². The summed E-state index contributed by atoms with van der Waals surface area (Å²) < 4.78 is 0. The first-order chi connectivity index (χ1) is 10.1. The number of hydrogen-bond acceptors (Lipinski definition) is 2. The molecule has 0 radical (unpaired) electrons. The van der Waals surface area contributed by atoms with E-state index in [1.807, 2.05) is 4.90 Å². The largest absolute Gasteiger partial charge is 0.340 e. The van der Waals surface area contributed by atoms with Crippen molar-refractivity contribution < 1.29 is 9.59 Å². The van der Waals surface area contributed by atoms with Crippen LogP contribution in [0.25, 0.3) is 0 Å². The van der Waals surface area contributed by atoms with E-state index in [9.17, 15) is 9.59 Å². The van der Waals surface area contributed by atoms with Gasteiger partial charge in [-0.1, -0.05) is 45.4 Å². The summed E-state index contributed by atoms with van der Waals surface area (Å²) in [5.41, 5.74) is -1.09. The summed E-state index contributed by atoms with van der Waals surface area (Å²) in [6, 6.07) is 0. The third-order valence-corrected chi connectivity index (χ3v) is 5.82. The molecule has 1 saturated heterocycles. The number of carbonyl (C=O) groups excluding carboxylic acids is 2. The van der Waals surface area contributed by atoms with Crippen molar-refractivity contribution in [3.63, 3.8) is 0 Å². The van der Waals surface area contributed by atoms with Crippen molar-refractivity contribution in [2.24, 2.45) is 0 Å². The predicted molar refractivity (Wildman–Crippen MR) is 81.8 cm³/mol. The lowest BCUT2D eigenvalue weighted by molar-refractivity contribution is -0.165. The van der Waals surface area contributed by atoms with Crippen LogP contribution in [0, 0.1) is 0 Å². The Hall–Kier alpha value is -1.06. The van der Waals surface area contributed by atoms with Gasteiger partial charge in [-0.2, -0.15) is 0 Å². The molecule has 0 atom stereocenters. The van der Waals surface area contributed by atoms with Crippen molar-refractivity contribution in [3.05, 3.63) is 0 Å². The first-order valence-electron chi connectivity index (χ1n) is 8.79. The third kappa shape index (κ3) is 2.27. The van der Waals surface area contributed by atoms with Crippen molar-refractivity contribution in [3.8, 4) is 0 Å². The molecule has 4 nitrogen and oxygen atoms in total. The average Bonchev–Trinajstić information content (AvgIpc) is 2.96. The molecule has 0 aromatic carbocycles. The highest BCUT2D eigenvalue weighted by atomic mass is 16.2. The molecule has 3 fully saturated rings. The molecule has 4 heteroatoms. The maximum atomic E-state index is 13.2. The lowest BCUT2D eigenvalue weighted by atomic mass is 9.75. The highest BCUT2D eigenvalue weighted by molar-refractivity contribution is 6.02. The lowest BCUT2D eigenvalue weighted by Crippen LogP contribution is -2.75. The van der Waals surface area contributed by atoms with Crippen LogP contribution in [0.1, 0.15) is 77.6 Å². The molecule has 2 spiro atoms. The topological polar surface area (TPSA) is 49.4 Å². The number of hydrogen-bond donors (Lipinski definition) is 1. The third-order valence-electron chi connectivity index (χ3n) is 5.82. The summed E-state index contributed by atoms with van der Waals surface area (Å²) in [4.78, 5) is 28.1. The van der Waals surface area contributed by atoms with Gasteiger partial charge >= 0.3 is 0 Å². The molecule has 1 heterocycles. The Morgan fingerprint density at radius 1 is 1.00 bits per heavy atom. The van der Waals surface area contributed by atoms with Gasteiger partial charge < -0.3 is 10.2 Å². The molecule has 1 N–H and O–H groups in total. The van der Waals surface area contributed by atoms with Crippen LogP contribution < -0.4 is 5.32 Å². The van der Waals surface area contributed by atoms with Gasteiger partial charge in [-0.25, -0.2) is 0 Å². The van der Waals surface area contributed by atoms with Crippen molar-refractivity contribution in [1.82, 2.24) is 10.2 Å². The summed E-state index contributed by atoms with van der Waals surface area (Å²) in [6.07, 6.45) is 10.9. The van der Waals surface area contributed by atoms with Crippen molar-refractivity contribution in [2.75, 3.05) is 6.54 Å². The molecule has 3 aliphatic rings. The number of rotatable bonds is 3. The molecule has 21 heavy (non-hydrogen) atoms. The molecule has 2 amide bonds. The van der Waals surface area contributed by atoms with Crippen LogP contribution >= 0.6 is 0 Å². The van der Waals surface area contributed by atoms with E-state index in [1.165, 1.54) is 6.42 Å². The Morgan fingerprint density at radius 2 is 1.62 bits per heavy atom. The predicted octanol–water partition coefficient (Wildman–Crippen LogP) is 2.76. The van der Waals surface area contributed by atoms with Gasteiger partial charge in [0.2, 0.25) is 11.8 Å². The average molecular weight is 292 g/mol. The fourth-order valence-electron chi connectivity index (χ4n) is 4.55. The van der Waals surface area contributed by atoms with Crippen LogP contribution in [0.2, 0.25) is 0 Å². The molecule has 2 aliphatic carbocycles. The van der Waals surface area contributed by atoms with E-state index in [2.05, 4.69) is 12.2 Å². The Bertz CT molecular complexity index is 421. The molecule has 0 aromatic heterocycles. The van der Waals surface area contributed by atoms with Gasteiger partial charge in [0, 0.05) is 6.54 Å². The van der Waals surface area contributed by atoms with Gasteiger partial charge in [-0.15, -0.1) is 0 Å². The number of amides is 2. The Kier molecular flexibility index (Phi) is 3.98. The highest BCUT2D eigenvalue weighted by Gasteiger charge is 2.58. The number of unbranched alkanes of at least 4 members (excludes halogenated alkanes) is 1. The fourth-order valence-corrected chi connectivity index (χ4v) is 4.55. The maximum Gasteiger partial charge on any atom is 0.249 e. The van der Waals surface area contributed by atoms with E-state index in [-0.39, 0.29) is 11.8 Å². The lowest BCUT2D eigenvalue weighted by Gasteiger charge is -2.53. The van der Waals surface area contributed by atoms with Crippen LogP contribution in [0.3, 0.4) is 0 Å². The van der Waals surface area contributed by atoms with Gasteiger partial charge in [0.1, 0.15) is 11.1 Å². The van der Waals surface area contributed by atoms with Crippen LogP contribution in [0.15, 0.2) is 0 Å². The standard InChI is InChI=1S/C17H28N2O2/c1-2-3-13-19-15(21)16(9-7-8-10-16)18-14(20)17(19)11-5-4-6-12-17/h2-13H2,1H3,(H,18,20). The van der Waals surface area contributed by atoms with Crippen molar-refractivity contribution >= 4 is 11.8 Å². The zero-order valence-electron chi connectivity index (χ0n) is 13.2. The molecule has 0 bridgehead atoms. The second kappa shape index (κ2) is 5.62. The first-order valence-corrected chi connectivity index (χ1v) is 8.79. The minimum atomic E-state index is -0.562. The van der Waals surface area contributed by atoms with Crippen LogP contribution in [-0.4, -0.2) is 34.3 Å². The van der Waals surface area contributed by atoms with Crippen LogP contribution in [0.4, 0.5) is 0 Å². The van der Waals surface area contributed by atoms with Gasteiger partial charge in [0.25, 0.3) is 0 Å². The molecule has 0 unspecified atom stereocenters. The zero-order valence-corrected chi connectivity index (χ0v) is 13.2. The van der Waals surface area contributed by atoms with E-state index in [0.29, 0.717) is 0 Å². The van der Waals surface area contributed by atoms with Gasteiger partial charge in [-0.3, -0.25) is 9.59 Å². The summed E-state index contributed by atoms with van der Waals surface area (Å²) in [7, 11) is 0. The van der Waals surface area contributed by atoms with Gasteiger partial charge in [0.15, 0.2) is 0 Å². The monoisotopic (exact) mass is 292 g/mol. The molecular weight excluding hydrogens is 264 g/mol. The smallest absolute Gasteiger partial charge is 0.249 e. The SMILES string of the molecule is CCCCN1C(=O)C2(CCCC2)NC(=O)C12CCCCC2. The first kappa shape index (κ1) is 14.9. The molecule has 1 aliphatic heterocycles. The molecule has 2 saturated carbocycles. The zero-order chi connectivity index (χ0) is 14.9. The molecular formula is C17H28N2O2. The summed E-state index contributed by atoms with van der Waals surface area (Å²) in [5, 5.41) is 3.18. The second-order valence-electron chi connectivity index (χ2n) is 7.15. The molecule has 3 rings (SSSR count). The van der Waals surface area contributed by atoms with Gasteiger partial charge in [-0.05, 0) is 32.1 Å². The van der Waals surface area contributed by atoms with E-state index in [4.69, 9.17) is 0 Å². The Morgan fingerprint density at radius 3 is 2.24 bits per heavy atom. The van der Waals surface area contributed by atoms with E-state index in [1.54, 1.807) is 0 Å². The Balaban J connectivity index is 1.92. The van der Waals surface area contributed by atoms with Crippen molar-refractivity contribution in [2.45, 2.75) is 88.6 Å². The summed E-state index contributed by atoms with van der Waals surface area (Å²) in [5.74, 6) is 0.356. The summed E-state index contributed by atoms with van der Waals surface area (Å²) >= 11 is 0. The van der Waals surface area contributed by atoms with E-state index >= 15 is 0 Å². The number of piperazine rings is 1. The minimum absolute atomic E-state index is 0.139. The quantitative estimate of drug-likeness (QED) is 0.869. The normalized spacial score (nSPS) is 27.4. The van der Waals surface area contributed by atoms with Crippen LogP contribution in [-0.2, 0) is 9.59 Å².